The number of carbonyl (C=O) groups excluding carboxylic acids is 1. The predicted molar refractivity (Wildman–Crippen MR) is 58.7 cm³/mol. The first-order valence-electron chi connectivity index (χ1n) is 5.68. The van der Waals surface area contributed by atoms with E-state index in [0.29, 0.717) is 6.61 Å². The maximum Gasteiger partial charge on any atom is 0.508 e. The lowest BCUT2D eigenvalue weighted by atomic mass is 9.87. The van der Waals surface area contributed by atoms with Gasteiger partial charge in [0, 0.05) is 0 Å². The van der Waals surface area contributed by atoms with Crippen LogP contribution in [0, 0.1) is 5.92 Å². The van der Waals surface area contributed by atoms with Gasteiger partial charge in [-0.2, -0.15) is 0 Å². The molecule has 0 unspecified atom stereocenters. The molecule has 0 aromatic rings. The zero-order valence-electron chi connectivity index (χ0n) is 9.41. The molecule has 1 fully saturated rings. The minimum Gasteiger partial charge on any atom is -0.438 e. The molecule has 0 spiro atoms. The maximum atomic E-state index is 10.6. The van der Waals surface area contributed by atoms with Crippen molar-refractivity contribution in [3.63, 3.8) is 0 Å². The second kappa shape index (κ2) is 7.32. The molecule has 1 aliphatic carbocycles. The highest BCUT2D eigenvalue weighted by Gasteiger charge is 2.10. The van der Waals surface area contributed by atoms with E-state index < -0.39 is 6.16 Å². The first kappa shape index (κ1) is 12.1. The molecule has 1 rings (SSSR count). The number of allylic oxidation sites excluding steroid dienone is 1. The quantitative estimate of drug-likeness (QED) is 0.530. The fourth-order valence-electron chi connectivity index (χ4n) is 1.95. The van der Waals surface area contributed by atoms with Crippen molar-refractivity contribution in [2.75, 3.05) is 13.7 Å². The Labute approximate surface area is 91.4 Å². The van der Waals surface area contributed by atoms with Gasteiger partial charge in [0.1, 0.15) is 6.61 Å². The van der Waals surface area contributed by atoms with Crippen molar-refractivity contribution >= 4 is 6.16 Å². The summed E-state index contributed by atoms with van der Waals surface area (Å²) in [7, 11) is 1.31. The Morgan fingerprint density at radius 3 is 2.67 bits per heavy atom. The molecule has 0 saturated heterocycles. The van der Waals surface area contributed by atoms with E-state index in [0.717, 1.165) is 12.3 Å². The first-order valence-corrected chi connectivity index (χ1v) is 5.68. The van der Waals surface area contributed by atoms with Gasteiger partial charge in [-0.1, -0.05) is 44.3 Å². The van der Waals surface area contributed by atoms with Crippen molar-refractivity contribution < 1.29 is 14.3 Å². The van der Waals surface area contributed by atoms with Crippen molar-refractivity contribution in [3.05, 3.63) is 12.2 Å². The van der Waals surface area contributed by atoms with Gasteiger partial charge < -0.3 is 9.47 Å². The molecule has 0 bridgehead atoms. The number of rotatable bonds is 4. The minimum absolute atomic E-state index is 0.319. The molecule has 3 nitrogen and oxygen atoms in total. The van der Waals surface area contributed by atoms with Crippen LogP contribution >= 0.6 is 0 Å². The van der Waals surface area contributed by atoms with Crippen LogP contribution in [0.1, 0.15) is 38.5 Å². The molecule has 1 aliphatic rings. The van der Waals surface area contributed by atoms with Gasteiger partial charge in [0.2, 0.25) is 0 Å². The highest BCUT2D eigenvalue weighted by molar-refractivity contribution is 5.59. The molecule has 0 aliphatic heterocycles. The number of ether oxygens (including phenoxy) is 2. The molecule has 86 valence electrons. The standard InChI is InChI=1S/C12H20O3/c1-14-12(13)15-10-6-5-9-11-7-3-2-4-8-11/h5-6,11H,2-4,7-10H2,1H3/b6-5+. The minimum atomic E-state index is -0.614. The van der Waals surface area contributed by atoms with E-state index >= 15 is 0 Å². The molecule has 1 saturated carbocycles. The number of hydrogen-bond acceptors (Lipinski definition) is 3. The van der Waals surface area contributed by atoms with Crippen molar-refractivity contribution in [1.82, 2.24) is 0 Å². The Morgan fingerprint density at radius 1 is 1.27 bits per heavy atom. The van der Waals surface area contributed by atoms with E-state index in [1.807, 2.05) is 6.08 Å². The van der Waals surface area contributed by atoms with Crippen molar-refractivity contribution in [3.8, 4) is 0 Å². The highest BCUT2D eigenvalue weighted by Crippen LogP contribution is 2.26. The third-order valence-corrected chi connectivity index (χ3v) is 2.82. The van der Waals surface area contributed by atoms with Gasteiger partial charge in [0.15, 0.2) is 0 Å². The Balaban J connectivity index is 2.02. The topological polar surface area (TPSA) is 35.5 Å². The van der Waals surface area contributed by atoms with Gasteiger partial charge in [-0.05, 0) is 12.3 Å². The summed E-state index contributed by atoms with van der Waals surface area (Å²) in [5.74, 6) is 0.841. The first-order chi connectivity index (χ1) is 7.33. The van der Waals surface area contributed by atoms with Crippen LogP contribution in [0.5, 0.6) is 0 Å². The van der Waals surface area contributed by atoms with Gasteiger partial charge in [-0.25, -0.2) is 4.79 Å². The Bertz CT molecular complexity index is 205. The third-order valence-electron chi connectivity index (χ3n) is 2.82. The monoisotopic (exact) mass is 212 g/mol. The third kappa shape index (κ3) is 5.45. The maximum absolute atomic E-state index is 10.6. The summed E-state index contributed by atoms with van der Waals surface area (Å²) in [5.41, 5.74) is 0. The molecule has 0 N–H and O–H groups in total. The molecular weight excluding hydrogens is 192 g/mol. The molecule has 0 aromatic heterocycles. The van der Waals surface area contributed by atoms with Crippen LogP contribution in [0.4, 0.5) is 4.79 Å². The number of carbonyl (C=O) groups is 1. The zero-order chi connectivity index (χ0) is 10.9. The van der Waals surface area contributed by atoms with Crippen molar-refractivity contribution in [2.24, 2.45) is 5.92 Å². The molecule has 0 heterocycles. The van der Waals surface area contributed by atoms with Crippen molar-refractivity contribution in [2.45, 2.75) is 38.5 Å². The zero-order valence-corrected chi connectivity index (χ0v) is 9.41. The van der Waals surface area contributed by atoms with Gasteiger partial charge in [0.25, 0.3) is 0 Å². The Kier molecular flexibility index (Phi) is 5.90. The summed E-state index contributed by atoms with van der Waals surface area (Å²) in [6.07, 6.45) is 11.3. The van der Waals surface area contributed by atoms with Crippen LogP contribution < -0.4 is 0 Å². The summed E-state index contributed by atoms with van der Waals surface area (Å²) in [5, 5.41) is 0. The van der Waals surface area contributed by atoms with E-state index in [4.69, 9.17) is 4.74 Å². The van der Waals surface area contributed by atoms with E-state index in [1.54, 1.807) is 0 Å². The van der Waals surface area contributed by atoms with Crippen LogP contribution in [0.2, 0.25) is 0 Å². The highest BCUT2D eigenvalue weighted by atomic mass is 16.7. The molecule has 0 amide bonds. The predicted octanol–water partition coefficient (Wildman–Crippen LogP) is 3.30. The average Bonchev–Trinajstić information content (AvgIpc) is 2.29. The van der Waals surface area contributed by atoms with Crippen molar-refractivity contribution in [1.29, 1.82) is 0 Å². The smallest absolute Gasteiger partial charge is 0.438 e. The second-order valence-corrected chi connectivity index (χ2v) is 3.98. The van der Waals surface area contributed by atoms with Crippen LogP contribution in [0.25, 0.3) is 0 Å². The molecular formula is C12H20O3. The van der Waals surface area contributed by atoms with Crippen LogP contribution in [-0.4, -0.2) is 19.9 Å². The van der Waals surface area contributed by atoms with E-state index in [1.165, 1.54) is 39.2 Å². The lowest BCUT2D eigenvalue weighted by Crippen LogP contribution is -2.05. The number of methoxy groups -OCH3 is 1. The lowest BCUT2D eigenvalue weighted by Gasteiger charge is -2.19. The number of hydrogen-bond donors (Lipinski definition) is 0. The van der Waals surface area contributed by atoms with Gasteiger partial charge in [0.05, 0.1) is 7.11 Å². The molecule has 3 heteroatoms. The molecule has 0 atom stereocenters. The SMILES string of the molecule is COC(=O)OC/C=C/CC1CCCCC1. The van der Waals surface area contributed by atoms with Crippen LogP contribution in [0.3, 0.4) is 0 Å². The fraction of sp³-hybridized carbons (Fsp3) is 0.750. The van der Waals surface area contributed by atoms with Gasteiger partial charge in [-0.3, -0.25) is 0 Å². The normalized spacial score (nSPS) is 17.9. The summed E-state index contributed by atoms with van der Waals surface area (Å²) in [6.45, 7) is 0.319. The Morgan fingerprint density at radius 2 is 2.00 bits per heavy atom. The van der Waals surface area contributed by atoms with E-state index in [2.05, 4.69) is 10.8 Å². The van der Waals surface area contributed by atoms with E-state index in [-0.39, 0.29) is 0 Å². The second-order valence-electron chi connectivity index (χ2n) is 3.98. The van der Waals surface area contributed by atoms with Gasteiger partial charge >= 0.3 is 6.16 Å². The fourth-order valence-corrected chi connectivity index (χ4v) is 1.95. The largest absolute Gasteiger partial charge is 0.508 e. The Hall–Kier alpha value is -0.990. The van der Waals surface area contributed by atoms with Crippen LogP contribution in [0.15, 0.2) is 12.2 Å². The molecule has 0 radical (unpaired) electrons. The van der Waals surface area contributed by atoms with Gasteiger partial charge in [-0.15, -0.1) is 0 Å². The molecule has 0 aromatic carbocycles. The average molecular weight is 212 g/mol. The van der Waals surface area contributed by atoms with E-state index in [9.17, 15) is 4.79 Å². The lowest BCUT2D eigenvalue weighted by molar-refractivity contribution is 0.0817. The summed E-state index contributed by atoms with van der Waals surface area (Å²) in [6, 6.07) is 0. The molecule has 15 heavy (non-hydrogen) atoms. The summed E-state index contributed by atoms with van der Waals surface area (Å²) >= 11 is 0. The summed E-state index contributed by atoms with van der Waals surface area (Å²) < 4.78 is 9.08. The van der Waals surface area contributed by atoms with Crippen LogP contribution in [-0.2, 0) is 9.47 Å². The summed E-state index contributed by atoms with van der Waals surface area (Å²) in [4.78, 5) is 10.6.